The van der Waals surface area contributed by atoms with Crippen molar-refractivity contribution >= 4 is 11.0 Å². The van der Waals surface area contributed by atoms with Gasteiger partial charge in [-0.15, -0.1) is 5.10 Å². The number of aryl methyl sites for hydroxylation is 1. The number of benzene rings is 1. The molecular formula is C13H13N5. The Morgan fingerprint density at radius 2 is 2.11 bits per heavy atom. The summed E-state index contributed by atoms with van der Waals surface area (Å²) in [6.45, 7) is 2.49. The first kappa shape index (κ1) is 10.9. The van der Waals surface area contributed by atoms with Crippen molar-refractivity contribution in [1.82, 2.24) is 20.0 Å². The minimum absolute atomic E-state index is 0.492. The predicted octanol–water partition coefficient (Wildman–Crippen LogP) is 1.58. The smallest absolute Gasteiger partial charge is 0.158 e. The van der Waals surface area contributed by atoms with Gasteiger partial charge in [0.15, 0.2) is 5.82 Å². The molecule has 0 aliphatic rings. The number of rotatable bonds is 2. The summed E-state index contributed by atoms with van der Waals surface area (Å²) < 4.78 is 1.75. The second-order valence-corrected chi connectivity index (χ2v) is 4.18. The standard InChI is InChI=1S/C13H13N5/c1-9-6-10(7-14)8-15-13(9)18-12-5-3-2-4-11(12)16-17-18/h2-6,8H,7,14H2,1H3. The summed E-state index contributed by atoms with van der Waals surface area (Å²) in [7, 11) is 0. The third kappa shape index (κ3) is 1.65. The molecule has 5 nitrogen and oxygen atoms in total. The van der Waals surface area contributed by atoms with Crippen LogP contribution in [0.5, 0.6) is 0 Å². The molecule has 0 radical (unpaired) electrons. The molecule has 0 atom stereocenters. The molecule has 0 spiro atoms. The summed E-state index contributed by atoms with van der Waals surface area (Å²) in [6, 6.07) is 9.85. The Morgan fingerprint density at radius 3 is 2.89 bits per heavy atom. The second kappa shape index (κ2) is 4.19. The highest BCUT2D eigenvalue weighted by molar-refractivity contribution is 5.75. The quantitative estimate of drug-likeness (QED) is 0.737. The Labute approximate surface area is 104 Å². The monoisotopic (exact) mass is 239 g/mol. The van der Waals surface area contributed by atoms with Gasteiger partial charge >= 0.3 is 0 Å². The third-order valence-electron chi connectivity index (χ3n) is 2.90. The molecule has 0 saturated heterocycles. The van der Waals surface area contributed by atoms with Gasteiger partial charge in [0.1, 0.15) is 5.52 Å². The zero-order valence-corrected chi connectivity index (χ0v) is 10.0. The maximum Gasteiger partial charge on any atom is 0.158 e. The number of pyridine rings is 1. The Bertz CT molecular complexity index is 701. The predicted molar refractivity (Wildman–Crippen MR) is 69.3 cm³/mol. The number of hydrogen-bond donors (Lipinski definition) is 1. The summed E-state index contributed by atoms with van der Waals surface area (Å²) in [5.41, 5.74) is 9.47. The van der Waals surface area contributed by atoms with Crippen molar-refractivity contribution in [1.29, 1.82) is 0 Å². The van der Waals surface area contributed by atoms with Crippen molar-refractivity contribution in [3.63, 3.8) is 0 Å². The average molecular weight is 239 g/mol. The fraction of sp³-hybridized carbons (Fsp3) is 0.154. The highest BCUT2D eigenvalue weighted by atomic mass is 15.4. The van der Waals surface area contributed by atoms with Gasteiger partial charge in [-0.1, -0.05) is 17.3 Å². The van der Waals surface area contributed by atoms with E-state index in [2.05, 4.69) is 15.3 Å². The lowest BCUT2D eigenvalue weighted by atomic mass is 10.2. The van der Waals surface area contributed by atoms with Gasteiger partial charge in [0.2, 0.25) is 0 Å². The normalized spacial score (nSPS) is 11.0. The van der Waals surface area contributed by atoms with E-state index in [0.29, 0.717) is 6.54 Å². The lowest BCUT2D eigenvalue weighted by Crippen LogP contribution is -2.05. The molecule has 18 heavy (non-hydrogen) atoms. The maximum absolute atomic E-state index is 5.60. The van der Waals surface area contributed by atoms with E-state index in [4.69, 9.17) is 5.73 Å². The number of para-hydroxylation sites is 1. The molecule has 3 aromatic rings. The van der Waals surface area contributed by atoms with Crippen LogP contribution in [0.15, 0.2) is 36.5 Å². The van der Waals surface area contributed by atoms with Gasteiger partial charge in [-0.3, -0.25) is 0 Å². The van der Waals surface area contributed by atoms with Crippen LogP contribution in [0.2, 0.25) is 0 Å². The highest BCUT2D eigenvalue weighted by Crippen LogP contribution is 2.17. The van der Waals surface area contributed by atoms with Crippen molar-refractivity contribution in [2.45, 2.75) is 13.5 Å². The molecule has 0 bridgehead atoms. The van der Waals surface area contributed by atoms with Crippen LogP contribution in [-0.2, 0) is 6.54 Å². The molecule has 2 N–H and O–H groups in total. The lowest BCUT2D eigenvalue weighted by Gasteiger charge is -2.06. The van der Waals surface area contributed by atoms with Gasteiger partial charge in [-0.05, 0) is 36.2 Å². The molecule has 90 valence electrons. The minimum atomic E-state index is 0.492. The largest absolute Gasteiger partial charge is 0.326 e. The van der Waals surface area contributed by atoms with E-state index in [9.17, 15) is 0 Å². The van der Waals surface area contributed by atoms with Crippen LogP contribution in [0.3, 0.4) is 0 Å². The fourth-order valence-corrected chi connectivity index (χ4v) is 1.98. The van der Waals surface area contributed by atoms with E-state index in [1.165, 1.54) is 0 Å². The van der Waals surface area contributed by atoms with Crippen LogP contribution in [0, 0.1) is 6.92 Å². The molecule has 0 aliphatic heterocycles. The van der Waals surface area contributed by atoms with E-state index in [1.807, 2.05) is 37.3 Å². The van der Waals surface area contributed by atoms with Crippen molar-refractivity contribution in [2.75, 3.05) is 0 Å². The number of nitrogens with two attached hydrogens (primary N) is 1. The summed E-state index contributed by atoms with van der Waals surface area (Å²) in [5.74, 6) is 0.793. The summed E-state index contributed by atoms with van der Waals surface area (Å²) >= 11 is 0. The first-order valence-corrected chi connectivity index (χ1v) is 5.76. The summed E-state index contributed by atoms with van der Waals surface area (Å²) in [4.78, 5) is 4.42. The number of fused-ring (bicyclic) bond motifs is 1. The van der Waals surface area contributed by atoms with Gasteiger partial charge in [0.05, 0.1) is 5.52 Å². The van der Waals surface area contributed by atoms with Crippen LogP contribution >= 0.6 is 0 Å². The molecule has 0 saturated carbocycles. The Kier molecular flexibility index (Phi) is 2.53. The number of nitrogens with zero attached hydrogens (tertiary/aromatic N) is 4. The molecule has 5 heteroatoms. The van der Waals surface area contributed by atoms with Gasteiger partial charge in [0.25, 0.3) is 0 Å². The molecule has 0 aliphatic carbocycles. The summed E-state index contributed by atoms with van der Waals surface area (Å²) in [5, 5.41) is 8.28. The van der Waals surface area contributed by atoms with Gasteiger partial charge < -0.3 is 5.73 Å². The van der Waals surface area contributed by atoms with Crippen LogP contribution in [0.4, 0.5) is 0 Å². The number of aromatic nitrogens is 4. The van der Waals surface area contributed by atoms with E-state index in [-0.39, 0.29) is 0 Å². The molecule has 2 heterocycles. The molecule has 3 rings (SSSR count). The molecule has 0 unspecified atom stereocenters. The first-order chi connectivity index (χ1) is 8.79. The molecule has 0 fully saturated rings. The van der Waals surface area contributed by atoms with Gasteiger partial charge in [-0.25, -0.2) is 4.98 Å². The molecule has 1 aromatic carbocycles. The molecular weight excluding hydrogens is 226 g/mol. The van der Waals surface area contributed by atoms with Gasteiger partial charge in [0, 0.05) is 12.7 Å². The van der Waals surface area contributed by atoms with Crippen molar-refractivity contribution in [2.24, 2.45) is 5.73 Å². The van der Waals surface area contributed by atoms with Crippen LogP contribution in [0.1, 0.15) is 11.1 Å². The topological polar surface area (TPSA) is 69.6 Å². The maximum atomic E-state index is 5.60. The molecule has 0 amide bonds. The zero-order valence-electron chi connectivity index (χ0n) is 10.0. The van der Waals surface area contributed by atoms with E-state index >= 15 is 0 Å². The fourth-order valence-electron chi connectivity index (χ4n) is 1.98. The van der Waals surface area contributed by atoms with Crippen molar-refractivity contribution in [3.05, 3.63) is 47.7 Å². The highest BCUT2D eigenvalue weighted by Gasteiger charge is 2.09. The second-order valence-electron chi connectivity index (χ2n) is 4.18. The van der Waals surface area contributed by atoms with Crippen molar-refractivity contribution < 1.29 is 0 Å². The Balaban J connectivity index is 2.20. The van der Waals surface area contributed by atoms with E-state index in [1.54, 1.807) is 10.9 Å². The van der Waals surface area contributed by atoms with Crippen LogP contribution < -0.4 is 5.73 Å². The Hall–Kier alpha value is -2.27. The Morgan fingerprint density at radius 1 is 1.28 bits per heavy atom. The van der Waals surface area contributed by atoms with Crippen LogP contribution in [-0.4, -0.2) is 20.0 Å². The molecule has 2 aromatic heterocycles. The number of hydrogen-bond acceptors (Lipinski definition) is 4. The lowest BCUT2D eigenvalue weighted by molar-refractivity contribution is 0.792. The average Bonchev–Trinajstić information content (AvgIpc) is 2.82. The van der Waals surface area contributed by atoms with Gasteiger partial charge in [-0.2, -0.15) is 4.68 Å². The first-order valence-electron chi connectivity index (χ1n) is 5.76. The minimum Gasteiger partial charge on any atom is -0.326 e. The van der Waals surface area contributed by atoms with Crippen molar-refractivity contribution in [3.8, 4) is 5.82 Å². The summed E-state index contributed by atoms with van der Waals surface area (Å²) in [6.07, 6.45) is 1.78. The zero-order chi connectivity index (χ0) is 12.5. The van der Waals surface area contributed by atoms with E-state index in [0.717, 1.165) is 28.0 Å². The van der Waals surface area contributed by atoms with Crippen LogP contribution in [0.25, 0.3) is 16.9 Å². The SMILES string of the molecule is Cc1cc(CN)cnc1-n1nnc2ccccc21. The third-order valence-corrected chi connectivity index (χ3v) is 2.90. The van der Waals surface area contributed by atoms with E-state index < -0.39 is 0 Å².